The molecule has 1 N–H and O–H groups in total. The number of nitrogens with one attached hydrogen (secondary N) is 1. The van der Waals surface area contributed by atoms with E-state index in [9.17, 15) is 9.59 Å². The lowest BCUT2D eigenvalue weighted by molar-refractivity contribution is -0.145. The van der Waals surface area contributed by atoms with Gasteiger partial charge in [0.2, 0.25) is 5.91 Å². The van der Waals surface area contributed by atoms with Gasteiger partial charge in [-0.3, -0.25) is 9.69 Å². The van der Waals surface area contributed by atoms with Crippen molar-refractivity contribution < 1.29 is 14.3 Å². The van der Waals surface area contributed by atoms with Gasteiger partial charge in [0.15, 0.2) is 0 Å². The largest absolute Gasteiger partial charge is 0.467 e. The predicted molar refractivity (Wildman–Crippen MR) is 119 cm³/mol. The molecular weight excluding hydrogens is 378 g/mol. The van der Waals surface area contributed by atoms with E-state index in [1.807, 2.05) is 30.3 Å². The number of aryl methyl sites for hydroxylation is 1. The summed E-state index contributed by atoms with van der Waals surface area (Å²) >= 11 is 0. The Morgan fingerprint density at radius 2 is 1.70 bits per heavy atom. The van der Waals surface area contributed by atoms with Crippen molar-refractivity contribution in [2.75, 3.05) is 44.7 Å². The number of methoxy groups -OCH3 is 1. The highest BCUT2D eigenvalue weighted by Crippen LogP contribution is 2.23. The van der Waals surface area contributed by atoms with Gasteiger partial charge in [0.1, 0.15) is 6.04 Å². The van der Waals surface area contributed by atoms with Crippen LogP contribution in [0, 0.1) is 13.8 Å². The summed E-state index contributed by atoms with van der Waals surface area (Å²) in [4.78, 5) is 29.3. The second-order valence-corrected chi connectivity index (χ2v) is 7.82. The van der Waals surface area contributed by atoms with Crippen LogP contribution >= 0.6 is 0 Å². The highest BCUT2D eigenvalue weighted by Gasteiger charge is 2.25. The van der Waals surface area contributed by atoms with E-state index in [4.69, 9.17) is 4.74 Å². The Bertz CT molecular complexity index is 861. The number of hydrogen-bond acceptors (Lipinski definition) is 5. The molecule has 0 saturated carbocycles. The zero-order chi connectivity index (χ0) is 21.5. The van der Waals surface area contributed by atoms with Crippen LogP contribution in [0.3, 0.4) is 0 Å². The zero-order valence-corrected chi connectivity index (χ0v) is 18.1. The minimum Gasteiger partial charge on any atom is -0.467 e. The number of hydrogen-bond donors (Lipinski definition) is 1. The number of benzene rings is 2. The van der Waals surface area contributed by atoms with Crippen LogP contribution < -0.4 is 10.2 Å². The highest BCUT2D eigenvalue weighted by atomic mass is 16.5. The molecule has 0 unspecified atom stereocenters. The number of amides is 1. The van der Waals surface area contributed by atoms with Gasteiger partial charge in [-0.25, -0.2) is 4.79 Å². The first-order valence-corrected chi connectivity index (χ1v) is 10.4. The van der Waals surface area contributed by atoms with Gasteiger partial charge >= 0.3 is 5.97 Å². The third-order valence-electron chi connectivity index (χ3n) is 5.76. The minimum absolute atomic E-state index is 0.151. The van der Waals surface area contributed by atoms with Crippen LogP contribution in [-0.4, -0.2) is 62.7 Å². The summed E-state index contributed by atoms with van der Waals surface area (Å²) in [7, 11) is 1.35. The van der Waals surface area contributed by atoms with E-state index < -0.39 is 12.0 Å². The number of esters is 1. The molecule has 0 bridgehead atoms. The van der Waals surface area contributed by atoms with Crippen LogP contribution in [0.15, 0.2) is 48.5 Å². The lowest BCUT2D eigenvalue weighted by Crippen LogP contribution is -2.52. The number of carbonyl (C=O) groups is 2. The maximum absolute atomic E-state index is 12.6. The lowest BCUT2D eigenvalue weighted by atomic mass is 10.1. The van der Waals surface area contributed by atoms with Gasteiger partial charge in [0.05, 0.1) is 13.7 Å². The molecule has 1 fully saturated rings. The molecule has 1 heterocycles. The van der Waals surface area contributed by atoms with Gasteiger partial charge in [-0.2, -0.15) is 0 Å². The van der Waals surface area contributed by atoms with Crippen LogP contribution in [0.2, 0.25) is 0 Å². The molecule has 30 heavy (non-hydrogen) atoms. The van der Waals surface area contributed by atoms with Crippen molar-refractivity contribution in [3.05, 3.63) is 65.2 Å². The number of piperazine rings is 1. The number of nitrogens with zero attached hydrogens (tertiary/aromatic N) is 2. The maximum atomic E-state index is 12.6. The molecule has 2 aromatic rings. The van der Waals surface area contributed by atoms with Crippen molar-refractivity contribution in [1.82, 2.24) is 10.2 Å². The summed E-state index contributed by atoms with van der Waals surface area (Å²) in [5, 5.41) is 2.85. The third-order valence-corrected chi connectivity index (χ3v) is 5.76. The first kappa shape index (κ1) is 21.8. The standard InChI is InChI=1S/C24H31N3O3/c1-18-8-7-11-22(19(18)2)27-14-12-26(13-15-27)17-23(28)25-21(24(29)30-3)16-20-9-5-4-6-10-20/h4-11,21H,12-17H2,1-3H3,(H,25,28)/t21-/m0/s1. The van der Waals surface area contributed by atoms with Crippen LogP contribution in [0.5, 0.6) is 0 Å². The van der Waals surface area contributed by atoms with Crippen molar-refractivity contribution >= 4 is 17.6 Å². The molecule has 6 heteroatoms. The minimum atomic E-state index is -0.680. The highest BCUT2D eigenvalue weighted by molar-refractivity contribution is 5.85. The first-order chi connectivity index (χ1) is 14.5. The fourth-order valence-corrected chi connectivity index (χ4v) is 3.85. The number of rotatable bonds is 7. The van der Waals surface area contributed by atoms with Gasteiger partial charge in [0, 0.05) is 38.3 Å². The molecule has 0 aliphatic carbocycles. The van der Waals surface area contributed by atoms with Crippen molar-refractivity contribution in [2.24, 2.45) is 0 Å². The smallest absolute Gasteiger partial charge is 0.328 e. The molecule has 0 spiro atoms. The summed E-state index contributed by atoms with van der Waals surface area (Å²) in [5.41, 5.74) is 4.86. The normalized spacial score (nSPS) is 15.5. The van der Waals surface area contributed by atoms with E-state index >= 15 is 0 Å². The number of carbonyl (C=O) groups excluding carboxylic acids is 2. The predicted octanol–water partition coefficient (Wildman–Crippen LogP) is 2.33. The molecular formula is C24H31N3O3. The second-order valence-electron chi connectivity index (χ2n) is 7.82. The summed E-state index contributed by atoms with van der Waals surface area (Å²) in [6.45, 7) is 7.94. The Balaban J connectivity index is 1.53. The van der Waals surface area contributed by atoms with Gasteiger partial charge in [0.25, 0.3) is 0 Å². The Hall–Kier alpha value is -2.86. The lowest BCUT2D eigenvalue weighted by Gasteiger charge is -2.36. The van der Waals surface area contributed by atoms with Gasteiger partial charge in [-0.05, 0) is 36.6 Å². The Labute approximate surface area is 178 Å². The summed E-state index contributed by atoms with van der Waals surface area (Å²) < 4.78 is 4.89. The second kappa shape index (κ2) is 10.3. The summed E-state index contributed by atoms with van der Waals surface area (Å²) in [6.07, 6.45) is 0.416. The maximum Gasteiger partial charge on any atom is 0.328 e. The van der Waals surface area contributed by atoms with E-state index in [0.29, 0.717) is 6.42 Å². The molecule has 2 aromatic carbocycles. The van der Waals surface area contributed by atoms with Gasteiger partial charge in [-0.15, -0.1) is 0 Å². The number of ether oxygens (including phenoxy) is 1. The van der Waals surface area contributed by atoms with Crippen molar-refractivity contribution in [2.45, 2.75) is 26.3 Å². The van der Waals surface area contributed by atoms with E-state index in [0.717, 1.165) is 31.7 Å². The Morgan fingerprint density at radius 1 is 1.00 bits per heavy atom. The quantitative estimate of drug-likeness (QED) is 0.711. The van der Waals surface area contributed by atoms with E-state index in [1.54, 1.807) is 0 Å². The van der Waals surface area contributed by atoms with Crippen LogP contribution in [-0.2, 0) is 20.7 Å². The van der Waals surface area contributed by atoms with Crippen LogP contribution in [0.25, 0.3) is 0 Å². The van der Waals surface area contributed by atoms with Crippen molar-refractivity contribution in [3.8, 4) is 0 Å². The van der Waals surface area contributed by atoms with E-state index in [2.05, 4.69) is 47.2 Å². The number of anilines is 1. The molecule has 1 atom stereocenters. The molecule has 6 nitrogen and oxygen atoms in total. The van der Waals surface area contributed by atoms with Gasteiger partial charge < -0.3 is 15.0 Å². The van der Waals surface area contributed by atoms with Crippen molar-refractivity contribution in [1.29, 1.82) is 0 Å². The molecule has 1 amide bonds. The molecule has 1 aliphatic heterocycles. The average Bonchev–Trinajstić information content (AvgIpc) is 2.76. The molecule has 1 aliphatic rings. The molecule has 3 rings (SSSR count). The molecule has 160 valence electrons. The first-order valence-electron chi connectivity index (χ1n) is 10.4. The van der Waals surface area contributed by atoms with E-state index in [1.165, 1.54) is 23.9 Å². The zero-order valence-electron chi connectivity index (χ0n) is 18.1. The Morgan fingerprint density at radius 3 is 2.37 bits per heavy atom. The monoisotopic (exact) mass is 409 g/mol. The fourth-order valence-electron chi connectivity index (χ4n) is 3.85. The fraction of sp³-hybridized carbons (Fsp3) is 0.417. The van der Waals surface area contributed by atoms with E-state index in [-0.39, 0.29) is 12.5 Å². The summed E-state index contributed by atoms with van der Waals surface area (Å²) in [6, 6.07) is 15.3. The topological polar surface area (TPSA) is 61.9 Å². The molecule has 1 saturated heterocycles. The Kier molecular flexibility index (Phi) is 7.46. The van der Waals surface area contributed by atoms with Crippen LogP contribution in [0.1, 0.15) is 16.7 Å². The molecule has 0 aromatic heterocycles. The molecule has 0 radical (unpaired) electrons. The third kappa shape index (κ3) is 5.60. The van der Waals surface area contributed by atoms with Crippen LogP contribution in [0.4, 0.5) is 5.69 Å². The summed E-state index contributed by atoms with van der Waals surface area (Å²) in [5.74, 6) is -0.575. The SMILES string of the molecule is COC(=O)[C@H](Cc1ccccc1)NC(=O)CN1CCN(c2cccc(C)c2C)CC1. The average molecular weight is 410 g/mol. The van der Waals surface area contributed by atoms with Crippen molar-refractivity contribution in [3.63, 3.8) is 0 Å². The van der Waals surface area contributed by atoms with Gasteiger partial charge in [-0.1, -0.05) is 42.5 Å².